The number of rotatable bonds is 15. The minimum absolute atomic E-state index is 0.157. The third-order valence-corrected chi connectivity index (χ3v) is 4.10. The largest absolute Gasteiger partial charge is 0.379 e. The van der Waals surface area contributed by atoms with Crippen LogP contribution in [-0.4, -0.2) is 39.0 Å². The SMILES string of the molecule is CC(C)(CCC=O)CCOCCOCCC(C)(C)CCC=O. The van der Waals surface area contributed by atoms with Crippen LogP contribution in [0.1, 0.15) is 66.2 Å². The summed E-state index contributed by atoms with van der Waals surface area (Å²) in [6.45, 7) is 11.3. The summed E-state index contributed by atoms with van der Waals surface area (Å²) in [6, 6.07) is 0. The molecule has 130 valence electrons. The molecular weight excluding hydrogens is 280 g/mol. The van der Waals surface area contributed by atoms with E-state index in [0.29, 0.717) is 39.3 Å². The van der Waals surface area contributed by atoms with E-state index in [4.69, 9.17) is 9.47 Å². The molecule has 0 atom stereocenters. The van der Waals surface area contributed by atoms with E-state index in [1.54, 1.807) is 0 Å². The van der Waals surface area contributed by atoms with E-state index in [1.165, 1.54) is 0 Å². The van der Waals surface area contributed by atoms with Gasteiger partial charge in [0.05, 0.1) is 13.2 Å². The van der Waals surface area contributed by atoms with Gasteiger partial charge in [0.2, 0.25) is 0 Å². The van der Waals surface area contributed by atoms with Gasteiger partial charge in [-0.2, -0.15) is 0 Å². The van der Waals surface area contributed by atoms with Gasteiger partial charge in [-0.15, -0.1) is 0 Å². The Morgan fingerprint density at radius 1 is 0.636 bits per heavy atom. The highest BCUT2D eigenvalue weighted by Gasteiger charge is 2.17. The maximum Gasteiger partial charge on any atom is 0.120 e. The molecule has 0 spiro atoms. The lowest BCUT2D eigenvalue weighted by Gasteiger charge is -2.24. The molecule has 0 amide bonds. The molecule has 0 bridgehead atoms. The van der Waals surface area contributed by atoms with Crippen LogP contribution in [0.3, 0.4) is 0 Å². The van der Waals surface area contributed by atoms with Crippen LogP contribution in [0.5, 0.6) is 0 Å². The van der Waals surface area contributed by atoms with Gasteiger partial charge in [-0.3, -0.25) is 0 Å². The number of carbonyl (C=O) groups is 2. The van der Waals surface area contributed by atoms with E-state index in [2.05, 4.69) is 27.7 Å². The Morgan fingerprint density at radius 2 is 1.00 bits per heavy atom. The molecule has 22 heavy (non-hydrogen) atoms. The predicted molar refractivity (Wildman–Crippen MR) is 89.0 cm³/mol. The Hall–Kier alpha value is -0.740. The normalized spacial score (nSPS) is 12.4. The van der Waals surface area contributed by atoms with Crippen LogP contribution in [0.15, 0.2) is 0 Å². The van der Waals surface area contributed by atoms with Gasteiger partial charge in [0.25, 0.3) is 0 Å². The number of hydrogen-bond acceptors (Lipinski definition) is 4. The van der Waals surface area contributed by atoms with Gasteiger partial charge in [-0.05, 0) is 36.5 Å². The summed E-state index contributed by atoms with van der Waals surface area (Å²) >= 11 is 0. The standard InChI is InChI=1S/C18H34O4/c1-17(2,7-5-11-19)9-13-21-15-16-22-14-10-18(3,4)8-6-12-20/h11-12H,5-10,13-16H2,1-4H3. The van der Waals surface area contributed by atoms with Crippen molar-refractivity contribution in [3.8, 4) is 0 Å². The van der Waals surface area contributed by atoms with Crippen LogP contribution < -0.4 is 0 Å². The zero-order valence-electron chi connectivity index (χ0n) is 14.9. The fourth-order valence-corrected chi connectivity index (χ4v) is 2.17. The van der Waals surface area contributed by atoms with Gasteiger partial charge in [-0.1, -0.05) is 27.7 Å². The molecule has 0 unspecified atom stereocenters. The molecule has 0 heterocycles. The highest BCUT2D eigenvalue weighted by atomic mass is 16.5. The summed E-state index contributed by atoms with van der Waals surface area (Å²) in [4.78, 5) is 20.8. The summed E-state index contributed by atoms with van der Waals surface area (Å²) < 4.78 is 11.2. The molecule has 4 heteroatoms. The molecule has 0 aromatic carbocycles. The van der Waals surface area contributed by atoms with Crippen molar-refractivity contribution in [3.05, 3.63) is 0 Å². The van der Waals surface area contributed by atoms with Gasteiger partial charge in [0, 0.05) is 26.1 Å². The van der Waals surface area contributed by atoms with Crippen LogP contribution in [0, 0.1) is 10.8 Å². The Balaban J connectivity index is 3.50. The number of aldehydes is 2. The molecule has 0 rings (SSSR count). The summed E-state index contributed by atoms with van der Waals surface area (Å²) in [5.74, 6) is 0. The van der Waals surface area contributed by atoms with E-state index < -0.39 is 0 Å². The van der Waals surface area contributed by atoms with Gasteiger partial charge < -0.3 is 19.1 Å². The molecule has 0 fully saturated rings. The lowest BCUT2D eigenvalue weighted by Crippen LogP contribution is -2.17. The molecule has 0 aliphatic heterocycles. The Labute approximate surface area is 135 Å². The van der Waals surface area contributed by atoms with E-state index in [-0.39, 0.29) is 10.8 Å². The van der Waals surface area contributed by atoms with Gasteiger partial charge in [0.1, 0.15) is 12.6 Å². The number of ether oxygens (including phenoxy) is 2. The first-order valence-electron chi connectivity index (χ1n) is 8.36. The fourth-order valence-electron chi connectivity index (χ4n) is 2.17. The van der Waals surface area contributed by atoms with Gasteiger partial charge >= 0.3 is 0 Å². The highest BCUT2D eigenvalue weighted by Crippen LogP contribution is 2.26. The second-order valence-corrected chi connectivity index (χ2v) is 7.46. The van der Waals surface area contributed by atoms with Crippen molar-refractivity contribution < 1.29 is 19.1 Å². The summed E-state index contributed by atoms with van der Waals surface area (Å²) in [5.41, 5.74) is 0.314. The second kappa shape index (κ2) is 11.8. The van der Waals surface area contributed by atoms with Crippen molar-refractivity contribution in [1.82, 2.24) is 0 Å². The lowest BCUT2D eigenvalue weighted by atomic mass is 9.85. The zero-order chi connectivity index (χ0) is 16.9. The Morgan fingerprint density at radius 3 is 1.32 bits per heavy atom. The van der Waals surface area contributed by atoms with Crippen molar-refractivity contribution in [2.24, 2.45) is 10.8 Å². The Kier molecular flexibility index (Phi) is 11.4. The zero-order valence-corrected chi connectivity index (χ0v) is 14.9. The average molecular weight is 314 g/mol. The predicted octanol–water partition coefficient (Wildman–Crippen LogP) is 3.81. The first-order valence-corrected chi connectivity index (χ1v) is 8.36. The van der Waals surface area contributed by atoms with E-state index in [0.717, 1.165) is 38.3 Å². The van der Waals surface area contributed by atoms with E-state index in [1.807, 2.05) is 0 Å². The monoisotopic (exact) mass is 314 g/mol. The van der Waals surface area contributed by atoms with E-state index >= 15 is 0 Å². The van der Waals surface area contributed by atoms with E-state index in [9.17, 15) is 9.59 Å². The molecule has 0 saturated heterocycles. The van der Waals surface area contributed by atoms with Crippen LogP contribution in [0.25, 0.3) is 0 Å². The fraction of sp³-hybridized carbons (Fsp3) is 0.889. The second-order valence-electron chi connectivity index (χ2n) is 7.46. The third kappa shape index (κ3) is 13.0. The summed E-state index contributed by atoms with van der Waals surface area (Å²) in [5, 5.41) is 0. The number of carbonyl (C=O) groups excluding carboxylic acids is 2. The van der Waals surface area contributed by atoms with Gasteiger partial charge in [0.15, 0.2) is 0 Å². The first-order chi connectivity index (χ1) is 10.3. The summed E-state index contributed by atoms with van der Waals surface area (Å²) in [7, 11) is 0. The molecule has 0 aliphatic rings. The maximum atomic E-state index is 10.4. The molecule has 0 radical (unpaired) electrons. The minimum Gasteiger partial charge on any atom is -0.379 e. The molecule has 0 saturated carbocycles. The first kappa shape index (κ1) is 21.3. The van der Waals surface area contributed by atoms with Crippen molar-refractivity contribution in [3.63, 3.8) is 0 Å². The Bertz CT molecular complexity index is 267. The molecule has 0 aromatic heterocycles. The van der Waals surface area contributed by atoms with Crippen molar-refractivity contribution in [2.45, 2.75) is 66.2 Å². The summed E-state index contributed by atoms with van der Waals surface area (Å²) in [6.07, 6.45) is 6.93. The van der Waals surface area contributed by atoms with Crippen LogP contribution in [0.2, 0.25) is 0 Å². The topological polar surface area (TPSA) is 52.6 Å². The molecule has 0 aromatic rings. The van der Waals surface area contributed by atoms with Crippen LogP contribution in [0.4, 0.5) is 0 Å². The minimum atomic E-state index is 0.157. The lowest BCUT2D eigenvalue weighted by molar-refractivity contribution is -0.109. The molecule has 0 aliphatic carbocycles. The van der Waals surface area contributed by atoms with Crippen molar-refractivity contribution in [2.75, 3.05) is 26.4 Å². The highest BCUT2D eigenvalue weighted by molar-refractivity contribution is 5.49. The quantitative estimate of drug-likeness (QED) is 0.341. The third-order valence-electron chi connectivity index (χ3n) is 4.10. The molecule has 4 nitrogen and oxygen atoms in total. The van der Waals surface area contributed by atoms with Crippen molar-refractivity contribution >= 4 is 12.6 Å². The number of hydrogen-bond donors (Lipinski definition) is 0. The van der Waals surface area contributed by atoms with Crippen molar-refractivity contribution in [1.29, 1.82) is 0 Å². The van der Waals surface area contributed by atoms with Crippen LogP contribution in [-0.2, 0) is 19.1 Å². The van der Waals surface area contributed by atoms with Gasteiger partial charge in [-0.25, -0.2) is 0 Å². The smallest absolute Gasteiger partial charge is 0.120 e. The maximum absolute atomic E-state index is 10.4. The van der Waals surface area contributed by atoms with Crippen LogP contribution >= 0.6 is 0 Å². The molecular formula is C18H34O4. The average Bonchev–Trinajstić information content (AvgIpc) is 2.46. The molecule has 0 N–H and O–H groups in total.